The van der Waals surface area contributed by atoms with Gasteiger partial charge < -0.3 is 14.6 Å². The van der Waals surface area contributed by atoms with E-state index in [1.54, 1.807) is 19.2 Å². The Morgan fingerprint density at radius 3 is 2.52 bits per heavy atom. The molecule has 0 aliphatic carbocycles. The second-order valence-electron chi connectivity index (χ2n) is 6.45. The smallest absolute Gasteiger partial charge is 0.332 e. The van der Waals surface area contributed by atoms with Crippen molar-refractivity contribution in [1.29, 1.82) is 0 Å². The second kappa shape index (κ2) is 7.20. The third kappa shape index (κ3) is 3.41. The van der Waals surface area contributed by atoms with Crippen LogP contribution in [0, 0.1) is 0 Å². The van der Waals surface area contributed by atoms with Gasteiger partial charge in [-0.25, -0.2) is 9.78 Å². The normalized spacial score (nSPS) is 12.3. The molecule has 1 amide bonds. The summed E-state index contributed by atoms with van der Waals surface area (Å²) in [4.78, 5) is 42.4. The number of carbonyl (C=O) groups excluding carboxylic acids is 1. The average molecular weight is 371 g/mol. The molecule has 0 spiro atoms. The fourth-order valence-corrected chi connectivity index (χ4v) is 2.93. The molecule has 0 bridgehead atoms. The largest absolute Gasteiger partial charge is 0.387 e. The summed E-state index contributed by atoms with van der Waals surface area (Å²) in [6, 6.07) is 9.06. The second-order valence-corrected chi connectivity index (χ2v) is 6.45. The summed E-state index contributed by atoms with van der Waals surface area (Å²) in [6.45, 7) is -0.00603. The van der Waals surface area contributed by atoms with Crippen molar-refractivity contribution in [2.75, 3.05) is 13.6 Å². The number of aryl methyl sites for hydroxylation is 1. The Balaban J connectivity index is 1.82. The van der Waals surface area contributed by atoms with Gasteiger partial charge in [0.15, 0.2) is 11.2 Å². The number of benzene rings is 1. The van der Waals surface area contributed by atoms with Crippen LogP contribution >= 0.6 is 0 Å². The highest BCUT2D eigenvalue weighted by molar-refractivity contribution is 5.78. The number of imidazole rings is 1. The first-order valence-corrected chi connectivity index (χ1v) is 8.39. The third-order valence-electron chi connectivity index (χ3n) is 4.58. The molecule has 0 aliphatic rings. The quantitative estimate of drug-likeness (QED) is 0.659. The molecule has 142 valence electrons. The summed E-state index contributed by atoms with van der Waals surface area (Å²) in [5, 5.41) is 10.3. The van der Waals surface area contributed by atoms with Crippen LogP contribution in [0.2, 0.25) is 0 Å². The maximum Gasteiger partial charge on any atom is 0.332 e. The predicted octanol–water partition coefficient (Wildman–Crippen LogP) is -0.374. The fraction of sp³-hybridized carbons (Fsp3) is 0.333. The van der Waals surface area contributed by atoms with Gasteiger partial charge in [-0.1, -0.05) is 30.3 Å². The maximum atomic E-state index is 12.6. The molecule has 1 N–H and O–H groups in total. The van der Waals surface area contributed by atoms with Gasteiger partial charge in [0.25, 0.3) is 5.56 Å². The summed E-state index contributed by atoms with van der Waals surface area (Å²) in [5.74, 6) is -0.291. The molecular formula is C18H21N5O4. The molecule has 9 heteroatoms. The van der Waals surface area contributed by atoms with Gasteiger partial charge in [-0.2, -0.15) is 0 Å². The summed E-state index contributed by atoms with van der Waals surface area (Å²) in [7, 11) is 4.48. The highest BCUT2D eigenvalue weighted by atomic mass is 16.3. The monoisotopic (exact) mass is 371 g/mol. The highest BCUT2D eigenvalue weighted by Gasteiger charge is 2.19. The van der Waals surface area contributed by atoms with Crippen molar-refractivity contribution in [3.63, 3.8) is 0 Å². The Kier molecular flexibility index (Phi) is 4.95. The summed E-state index contributed by atoms with van der Waals surface area (Å²) < 4.78 is 3.67. The van der Waals surface area contributed by atoms with Crippen molar-refractivity contribution < 1.29 is 9.90 Å². The van der Waals surface area contributed by atoms with E-state index in [1.807, 2.05) is 18.2 Å². The van der Waals surface area contributed by atoms with Crippen LogP contribution in [0.5, 0.6) is 0 Å². The number of aliphatic hydroxyl groups excluding tert-OH is 1. The van der Waals surface area contributed by atoms with Crippen LogP contribution in [-0.2, 0) is 25.4 Å². The fourth-order valence-electron chi connectivity index (χ4n) is 2.93. The molecule has 0 radical (unpaired) electrons. The molecule has 0 saturated carbocycles. The molecule has 0 saturated heterocycles. The van der Waals surface area contributed by atoms with Crippen molar-refractivity contribution in [3.05, 3.63) is 63.1 Å². The third-order valence-corrected chi connectivity index (χ3v) is 4.58. The number of amides is 1. The zero-order valence-electron chi connectivity index (χ0n) is 15.4. The Morgan fingerprint density at radius 2 is 1.85 bits per heavy atom. The van der Waals surface area contributed by atoms with Crippen LogP contribution in [0.3, 0.4) is 0 Å². The summed E-state index contributed by atoms with van der Waals surface area (Å²) >= 11 is 0. The van der Waals surface area contributed by atoms with E-state index in [1.165, 1.54) is 34.5 Å². The number of aromatic nitrogens is 4. The molecule has 1 unspecified atom stereocenters. The number of nitrogens with zero attached hydrogens (tertiary/aromatic N) is 5. The van der Waals surface area contributed by atoms with Crippen molar-refractivity contribution in [2.45, 2.75) is 12.6 Å². The lowest BCUT2D eigenvalue weighted by atomic mass is 10.1. The van der Waals surface area contributed by atoms with Crippen molar-refractivity contribution in [3.8, 4) is 0 Å². The van der Waals surface area contributed by atoms with Gasteiger partial charge in [0.05, 0.1) is 19.0 Å². The van der Waals surface area contributed by atoms with Crippen molar-refractivity contribution in [1.82, 2.24) is 23.6 Å². The lowest BCUT2D eigenvalue weighted by Crippen LogP contribution is -2.38. The average Bonchev–Trinajstić information content (AvgIpc) is 3.08. The van der Waals surface area contributed by atoms with E-state index in [0.29, 0.717) is 5.56 Å². The molecule has 2 heterocycles. The molecular weight excluding hydrogens is 350 g/mol. The van der Waals surface area contributed by atoms with Crippen molar-refractivity contribution >= 4 is 17.1 Å². The summed E-state index contributed by atoms with van der Waals surface area (Å²) in [6.07, 6.45) is 0.554. The number of carbonyl (C=O) groups is 1. The van der Waals surface area contributed by atoms with Gasteiger partial charge in [0.1, 0.15) is 6.54 Å². The van der Waals surface area contributed by atoms with E-state index >= 15 is 0 Å². The molecule has 27 heavy (non-hydrogen) atoms. The van der Waals surface area contributed by atoms with Gasteiger partial charge in [0.2, 0.25) is 5.91 Å². The van der Waals surface area contributed by atoms with E-state index in [2.05, 4.69) is 4.98 Å². The first-order valence-electron chi connectivity index (χ1n) is 8.39. The van der Waals surface area contributed by atoms with Crippen LogP contribution in [-0.4, -0.2) is 48.2 Å². The molecule has 0 fully saturated rings. The Bertz CT molecular complexity index is 1100. The topological polar surface area (TPSA) is 102 Å². The minimum atomic E-state index is -0.812. The van der Waals surface area contributed by atoms with E-state index < -0.39 is 17.4 Å². The molecule has 0 aliphatic heterocycles. The number of fused-ring (bicyclic) bond motifs is 1. The Labute approximate surface area is 154 Å². The Morgan fingerprint density at radius 1 is 1.19 bits per heavy atom. The number of rotatable bonds is 5. The van der Waals surface area contributed by atoms with E-state index in [-0.39, 0.29) is 30.2 Å². The minimum Gasteiger partial charge on any atom is -0.387 e. The number of hydrogen-bond acceptors (Lipinski definition) is 5. The van der Waals surface area contributed by atoms with Crippen LogP contribution < -0.4 is 11.2 Å². The molecule has 3 rings (SSSR count). The van der Waals surface area contributed by atoms with E-state index in [4.69, 9.17) is 0 Å². The lowest BCUT2D eigenvalue weighted by molar-refractivity contribution is -0.131. The van der Waals surface area contributed by atoms with E-state index in [9.17, 15) is 19.5 Å². The molecule has 2 aromatic heterocycles. The first kappa shape index (κ1) is 18.6. The van der Waals surface area contributed by atoms with Crippen LogP contribution in [0.25, 0.3) is 11.2 Å². The van der Waals surface area contributed by atoms with Gasteiger partial charge in [-0.05, 0) is 5.56 Å². The number of likely N-dealkylation sites (N-methyl/N-ethyl adjacent to an activating group) is 1. The molecule has 1 aromatic carbocycles. The van der Waals surface area contributed by atoms with Crippen LogP contribution in [0.4, 0.5) is 0 Å². The number of aliphatic hydroxyl groups is 1. The van der Waals surface area contributed by atoms with Crippen LogP contribution in [0.15, 0.2) is 46.2 Å². The first-order chi connectivity index (χ1) is 12.8. The lowest BCUT2D eigenvalue weighted by Gasteiger charge is -2.21. The SMILES string of the molecule is CN(CC(O)c1ccccc1)C(=O)Cn1cnc2c1c(=O)n(C)c(=O)n2C. The number of hydrogen-bond donors (Lipinski definition) is 1. The van der Waals surface area contributed by atoms with Gasteiger partial charge in [0, 0.05) is 21.1 Å². The van der Waals surface area contributed by atoms with Crippen LogP contribution in [0.1, 0.15) is 11.7 Å². The van der Waals surface area contributed by atoms with Gasteiger partial charge in [-0.15, -0.1) is 0 Å². The standard InChI is InChI=1S/C18H21N5O4/c1-20(9-13(24)12-7-5-4-6-8-12)14(25)10-23-11-19-16-15(23)17(26)22(3)18(27)21(16)2/h4-8,11,13,24H,9-10H2,1-3H3. The molecule has 3 aromatic rings. The minimum absolute atomic E-state index is 0.117. The van der Waals surface area contributed by atoms with Gasteiger partial charge in [-0.3, -0.25) is 18.7 Å². The molecule has 1 atom stereocenters. The summed E-state index contributed by atoms with van der Waals surface area (Å²) in [5.41, 5.74) is 0.138. The highest BCUT2D eigenvalue weighted by Crippen LogP contribution is 2.13. The van der Waals surface area contributed by atoms with Gasteiger partial charge >= 0.3 is 5.69 Å². The van der Waals surface area contributed by atoms with Crippen molar-refractivity contribution in [2.24, 2.45) is 14.1 Å². The zero-order valence-corrected chi connectivity index (χ0v) is 15.4. The predicted molar refractivity (Wildman–Crippen MR) is 99.3 cm³/mol. The maximum absolute atomic E-state index is 12.6. The molecule has 9 nitrogen and oxygen atoms in total. The zero-order chi connectivity index (χ0) is 19.7. The Hall–Kier alpha value is -3.20. The van der Waals surface area contributed by atoms with E-state index in [0.717, 1.165) is 4.57 Å².